The van der Waals surface area contributed by atoms with Gasteiger partial charge in [-0.05, 0) is 61.4 Å². The van der Waals surface area contributed by atoms with Gasteiger partial charge >= 0.3 is 4.87 Å². The Kier molecular flexibility index (Phi) is 5.87. The molecule has 3 fully saturated rings. The van der Waals surface area contributed by atoms with E-state index in [1.54, 1.807) is 62.2 Å². The van der Waals surface area contributed by atoms with E-state index in [4.69, 9.17) is 4.74 Å². The summed E-state index contributed by atoms with van der Waals surface area (Å²) >= 11 is 2.74. The molecule has 2 aliphatic heterocycles. The number of nitrogens with one attached hydrogen (secondary N) is 2. The number of imide groups is 1. The van der Waals surface area contributed by atoms with Crippen molar-refractivity contribution in [3.63, 3.8) is 0 Å². The van der Waals surface area contributed by atoms with Crippen molar-refractivity contribution in [2.45, 2.75) is 35.6 Å². The second kappa shape index (κ2) is 9.24. The van der Waals surface area contributed by atoms with Crippen molar-refractivity contribution in [2.24, 2.45) is 29.6 Å². The number of carbonyl (C=O) groups is 3. The van der Waals surface area contributed by atoms with Gasteiger partial charge in [0.1, 0.15) is 17.5 Å². The quantitative estimate of drug-likeness (QED) is 0.395. The number of benzene rings is 2. The summed E-state index contributed by atoms with van der Waals surface area (Å²) in [6, 6.07) is 13.0. The second-order valence-electron chi connectivity index (χ2n) is 11.0. The molecule has 8 atom stereocenters. The summed E-state index contributed by atoms with van der Waals surface area (Å²) in [4.78, 5) is 58.1. The Labute approximate surface area is 237 Å². The molecule has 4 aliphatic rings. The van der Waals surface area contributed by atoms with Gasteiger partial charge in [0.15, 0.2) is 0 Å². The predicted molar refractivity (Wildman–Crippen MR) is 150 cm³/mol. The number of methoxy groups -OCH3 is 1. The summed E-state index contributed by atoms with van der Waals surface area (Å²) in [6.07, 6.45) is 0.735. The van der Waals surface area contributed by atoms with E-state index in [9.17, 15) is 24.3 Å². The topological polar surface area (TPSA) is 129 Å². The molecule has 3 heterocycles. The number of fused-ring (bicyclic) bond motifs is 9. The molecule has 3 amide bonds. The van der Waals surface area contributed by atoms with Crippen molar-refractivity contribution in [1.82, 2.24) is 9.88 Å². The smallest absolute Gasteiger partial charge is 0.305 e. The lowest BCUT2D eigenvalue weighted by Crippen LogP contribution is -2.46. The highest BCUT2D eigenvalue weighted by atomic mass is 32.2. The molecule has 0 radical (unpaired) electrons. The lowest BCUT2D eigenvalue weighted by molar-refractivity contribution is -0.146. The average Bonchev–Trinajstić information content (AvgIpc) is 3.68. The third kappa shape index (κ3) is 3.60. The highest BCUT2D eigenvalue weighted by molar-refractivity contribution is 8.00. The summed E-state index contributed by atoms with van der Waals surface area (Å²) in [6.45, 7) is 1.59. The zero-order chi connectivity index (χ0) is 27.9. The van der Waals surface area contributed by atoms with Gasteiger partial charge in [-0.2, -0.15) is 0 Å². The molecular formula is C29H27N3O6S2. The highest BCUT2D eigenvalue weighted by Crippen LogP contribution is 2.69. The zero-order valence-corrected chi connectivity index (χ0v) is 23.3. The second-order valence-corrected chi connectivity index (χ2v) is 13.2. The molecule has 206 valence electrons. The molecule has 2 saturated carbocycles. The van der Waals surface area contributed by atoms with E-state index in [1.165, 1.54) is 4.90 Å². The van der Waals surface area contributed by atoms with Gasteiger partial charge in [-0.1, -0.05) is 29.5 Å². The number of rotatable bonds is 5. The molecule has 7 rings (SSSR count). The fourth-order valence-electron chi connectivity index (χ4n) is 7.56. The van der Waals surface area contributed by atoms with Crippen molar-refractivity contribution in [2.75, 3.05) is 12.4 Å². The van der Waals surface area contributed by atoms with Gasteiger partial charge in [0.2, 0.25) is 17.7 Å². The van der Waals surface area contributed by atoms with Crippen LogP contribution in [0, 0.1) is 29.6 Å². The van der Waals surface area contributed by atoms with E-state index >= 15 is 0 Å². The number of hydrogen-bond acceptors (Lipinski definition) is 8. The number of thiazole rings is 1. The normalized spacial score (nSPS) is 30.6. The van der Waals surface area contributed by atoms with Gasteiger partial charge in [-0.3, -0.25) is 24.1 Å². The van der Waals surface area contributed by atoms with Crippen LogP contribution in [0.1, 0.15) is 29.7 Å². The number of aromatic hydroxyl groups is 1. The molecular weight excluding hydrogens is 550 g/mol. The number of phenols is 1. The van der Waals surface area contributed by atoms with Crippen LogP contribution in [0.3, 0.4) is 0 Å². The summed E-state index contributed by atoms with van der Waals surface area (Å²) in [5.74, 6) is -1.65. The Balaban J connectivity index is 1.20. The van der Waals surface area contributed by atoms with Crippen molar-refractivity contribution in [1.29, 1.82) is 0 Å². The van der Waals surface area contributed by atoms with Crippen LogP contribution in [0.5, 0.6) is 11.5 Å². The number of phenolic OH excluding ortho intramolecular Hbond substituents is 1. The first-order valence-electron chi connectivity index (χ1n) is 13.3. The van der Waals surface area contributed by atoms with Crippen LogP contribution in [0.2, 0.25) is 0 Å². The molecule has 0 spiro atoms. The lowest BCUT2D eigenvalue weighted by Gasteiger charge is -2.43. The van der Waals surface area contributed by atoms with Crippen molar-refractivity contribution in [3.8, 4) is 11.5 Å². The number of amides is 3. The number of thioether (sulfide) groups is 1. The van der Waals surface area contributed by atoms with Gasteiger partial charge in [0.25, 0.3) is 0 Å². The number of aromatic amines is 1. The van der Waals surface area contributed by atoms with Crippen LogP contribution in [-0.2, 0) is 14.4 Å². The molecule has 1 saturated heterocycles. The molecule has 40 heavy (non-hydrogen) atoms. The predicted octanol–water partition coefficient (Wildman–Crippen LogP) is 3.65. The Morgan fingerprint density at radius 2 is 1.77 bits per heavy atom. The molecule has 1 aromatic heterocycles. The molecule has 2 aliphatic carbocycles. The van der Waals surface area contributed by atoms with Gasteiger partial charge in [0.05, 0.1) is 24.0 Å². The molecule has 11 heteroatoms. The maximum Gasteiger partial charge on any atom is 0.305 e. The maximum absolute atomic E-state index is 13.9. The Hall–Kier alpha value is -3.57. The van der Waals surface area contributed by atoms with Crippen LogP contribution < -0.4 is 14.9 Å². The minimum atomic E-state index is -0.964. The average molecular weight is 578 g/mol. The first-order chi connectivity index (χ1) is 19.3. The number of carbonyl (C=O) groups excluding carboxylic acids is 3. The molecule has 8 unspecified atom stereocenters. The summed E-state index contributed by atoms with van der Waals surface area (Å²) < 4.78 is 5.16. The lowest BCUT2D eigenvalue weighted by atomic mass is 9.68. The van der Waals surface area contributed by atoms with E-state index in [-0.39, 0.29) is 51.4 Å². The third-order valence-electron chi connectivity index (χ3n) is 9.15. The fourth-order valence-corrected chi connectivity index (χ4v) is 10.4. The van der Waals surface area contributed by atoms with Crippen LogP contribution in [0.25, 0.3) is 0 Å². The number of aromatic nitrogens is 1. The number of H-pyrrole nitrogens is 1. The largest absolute Gasteiger partial charge is 0.508 e. The Morgan fingerprint density at radius 3 is 2.48 bits per heavy atom. The first kappa shape index (κ1) is 25.4. The van der Waals surface area contributed by atoms with Gasteiger partial charge < -0.3 is 20.1 Å². The van der Waals surface area contributed by atoms with Crippen molar-refractivity contribution < 1.29 is 24.2 Å². The van der Waals surface area contributed by atoms with E-state index in [0.717, 1.165) is 33.2 Å². The van der Waals surface area contributed by atoms with E-state index in [1.807, 2.05) is 12.1 Å². The molecule has 3 N–H and O–H groups in total. The minimum absolute atomic E-state index is 0.00809. The Bertz CT molecular complexity index is 1600. The number of nitrogens with zero attached hydrogens (tertiary/aromatic N) is 1. The SMILES string of the molecule is COc1ccc(NC(=O)C(C)N2C(=O)C3C4CC(C3C2=O)C2C(c3ccccc3O)c3sc(=O)[nH]c3SC42)cc1. The van der Waals surface area contributed by atoms with Crippen LogP contribution in [-0.4, -0.2) is 51.1 Å². The monoisotopic (exact) mass is 577 g/mol. The molecule has 2 bridgehead atoms. The molecule has 2 aromatic carbocycles. The summed E-state index contributed by atoms with van der Waals surface area (Å²) in [7, 11) is 1.56. The summed E-state index contributed by atoms with van der Waals surface area (Å²) in [5, 5.41) is 14.4. The van der Waals surface area contributed by atoms with Crippen LogP contribution in [0.15, 0.2) is 58.4 Å². The van der Waals surface area contributed by atoms with Crippen LogP contribution in [0.4, 0.5) is 5.69 Å². The zero-order valence-electron chi connectivity index (χ0n) is 21.7. The van der Waals surface area contributed by atoms with Crippen molar-refractivity contribution in [3.05, 3.63) is 68.6 Å². The van der Waals surface area contributed by atoms with Gasteiger partial charge in [-0.15, -0.1) is 11.8 Å². The fraction of sp³-hybridized carbons (Fsp3) is 0.379. The Morgan fingerprint density at radius 1 is 1.07 bits per heavy atom. The first-order valence-corrected chi connectivity index (χ1v) is 15.0. The number of para-hydroxylation sites is 1. The van der Waals surface area contributed by atoms with E-state index in [2.05, 4.69) is 10.3 Å². The highest BCUT2D eigenvalue weighted by Gasteiger charge is 2.70. The summed E-state index contributed by atoms with van der Waals surface area (Å²) in [5.41, 5.74) is 1.28. The van der Waals surface area contributed by atoms with E-state index < -0.39 is 23.8 Å². The van der Waals surface area contributed by atoms with Gasteiger partial charge in [-0.25, -0.2) is 0 Å². The minimum Gasteiger partial charge on any atom is -0.508 e. The number of ether oxygens (including phenoxy) is 1. The maximum atomic E-state index is 13.9. The van der Waals surface area contributed by atoms with Crippen molar-refractivity contribution >= 4 is 46.5 Å². The third-order valence-corrected chi connectivity index (χ3v) is 11.7. The standard InChI is InChI=1S/C29H27N3O6S2/c1-12(25(34)30-13-7-9-14(38-2)10-8-13)32-27(35)21-16-11-17(22(21)28(32)36)23-20(16)19(15-5-3-4-6-18(15)33)24-26(39-23)31-29(37)40-24/h3-10,12,16-17,19-23,33H,11H2,1-2H3,(H,30,34)(H,31,37). The number of anilines is 1. The van der Waals surface area contributed by atoms with Gasteiger partial charge in [0, 0.05) is 27.3 Å². The molecule has 9 nitrogen and oxygen atoms in total. The van der Waals surface area contributed by atoms with E-state index in [0.29, 0.717) is 11.4 Å². The van der Waals surface area contributed by atoms with Crippen LogP contribution >= 0.6 is 23.1 Å². The number of likely N-dealkylation sites (tertiary alicyclic amines) is 1. The number of hydrogen-bond donors (Lipinski definition) is 3. The molecule has 3 aromatic rings.